The first kappa shape index (κ1) is 18.4. The minimum Gasteiger partial charge on any atom is -0.465 e. The summed E-state index contributed by atoms with van der Waals surface area (Å²) in [6.07, 6.45) is 0.592. The van der Waals surface area contributed by atoms with Gasteiger partial charge in [-0.1, -0.05) is 6.07 Å². The van der Waals surface area contributed by atoms with E-state index in [-0.39, 0.29) is 27.2 Å². The molecule has 0 saturated carbocycles. The predicted octanol–water partition coefficient (Wildman–Crippen LogP) is 1.17. The van der Waals surface area contributed by atoms with E-state index in [4.69, 9.17) is 13.9 Å². The Morgan fingerprint density at radius 1 is 1.15 bits per heavy atom. The van der Waals surface area contributed by atoms with Crippen molar-refractivity contribution in [2.75, 3.05) is 32.9 Å². The molecule has 1 atom stereocenters. The van der Waals surface area contributed by atoms with Crippen LogP contribution < -0.4 is 0 Å². The van der Waals surface area contributed by atoms with E-state index in [9.17, 15) is 13.2 Å². The zero-order chi connectivity index (χ0) is 18.9. The van der Waals surface area contributed by atoms with Gasteiger partial charge in [0.2, 0.25) is 15.9 Å². The van der Waals surface area contributed by atoms with E-state index < -0.39 is 10.0 Å². The third-order valence-electron chi connectivity index (χ3n) is 4.23. The van der Waals surface area contributed by atoms with E-state index in [1.807, 2.05) is 0 Å². The number of carbonyl (C=O) groups is 1. The second-order valence-electron chi connectivity index (χ2n) is 5.98. The summed E-state index contributed by atoms with van der Waals surface area (Å²) in [4.78, 5) is 11.7. The van der Waals surface area contributed by atoms with Gasteiger partial charge in [-0.15, -0.1) is 10.2 Å². The van der Waals surface area contributed by atoms with Crippen LogP contribution >= 0.6 is 11.8 Å². The highest BCUT2D eigenvalue weighted by atomic mass is 32.2. The van der Waals surface area contributed by atoms with E-state index in [2.05, 4.69) is 10.2 Å². The van der Waals surface area contributed by atoms with Gasteiger partial charge in [-0.2, -0.15) is 4.31 Å². The number of thioether (sulfide) groups is 1. The highest BCUT2D eigenvalue weighted by Crippen LogP contribution is 2.31. The van der Waals surface area contributed by atoms with Crippen molar-refractivity contribution in [3.05, 3.63) is 24.3 Å². The molecule has 2 aliphatic heterocycles. The monoisotopic (exact) mass is 411 g/mol. The third kappa shape index (κ3) is 3.86. The van der Waals surface area contributed by atoms with Crippen LogP contribution in [-0.2, 0) is 24.3 Å². The van der Waals surface area contributed by atoms with Gasteiger partial charge in [0.05, 0.1) is 24.7 Å². The topological polar surface area (TPSA) is 112 Å². The average Bonchev–Trinajstić information content (AvgIpc) is 3.32. The Hall–Kier alpha value is -1.95. The van der Waals surface area contributed by atoms with Crippen molar-refractivity contribution in [2.24, 2.45) is 0 Å². The molecule has 9 nitrogen and oxygen atoms in total. The van der Waals surface area contributed by atoms with Crippen LogP contribution in [0.2, 0.25) is 0 Å². The Labute approximate surface area is 160 Å². The molecular formula is C16H17N3O6S2. The minimum atomic E-state index is -3.61. The Kier molecular flexibility index (Phi) is 5.17. The number of morpholine rings is 1. The molecule has 1 aromatic heterocycles. The fourth-order valence-electron chi connectivity index (χ4n) is 2.81. The van der Waals surface area contributed by atoms with Crippen LogP contribution in [0.5, 0.6) is 0 Å². The molecule has 0 radical (unpaired) electrons. The smallest absolute Gasteiger partial charge is 0.319 e. The van der Waals surface area contributed by atoms with E-state index in [0.717, 1.165) is 11.8 Å². The standard InChI is InChI=1S/C16H17N3O6S2/c20-15-13(4-7-24-15)26-16-18-17-14(25-16)11-2-1-3-12(10-11)27(21,22)19-5-8-23-9-6-19/h1-3,10,13H,4-9H2/t13-/m1/s1. The van der Waals surface area contributed by atoms with Gasteiger partial charge >= 0.3 is 5.97 Å². The van der Waals surface area contributed by atoms with Gasteiger partial charge in [0.1, 0.15) is 5.25 Å². The van der Waals surface area contributed by atoms with Crippen molar-refractivity contribution in [2.45, 2.75) is 21.8 Å². The van der Waals surface area contributed by atoms with E-state index in [1.54, 1.807) is 12.1 Å². The molecule has 0 amide bonds. The van der Waals surface area contributed by atoms with Gasteiger partial charge in [0.15, 0.2) is 0 Å². The molecule has 4 rings (SSSR count). The summed E-state index contributed by atoms with van der Waals surface area (Å²) < 4.78 is 42.7. The van der Waals surface area contributed by atoms with Crippen molar-refractivity contribution in [3.8, 4) is 11.5 Å². The van der Waals surface area contributed by atoms with E-state index >= 15 is 0 Å². The highest BCUT2D eigenvalue weighted by molar-refractivity contribution is 8.00. The Bertz CT molecular complexity index is 939. The average molecular weight is 411 g/mol. The van der Waals surface area contributed by atoms with Crippen LogP contribution in [-0.4, -0.2) is 67.0 Å². The molecule has 1 aromatic carbocycles. The maximum Gasteiger partial charge on any atom is 0.319 e. The number of esters is 1. The molecule has 0 bridgehead atoms. The second kappa shape index (κ2) is 7.58. The lowest BCUT2D eigenvalue weighted by Gasteiger charge is -2.26. The molecule has 144 valence electrons. The minimum absolute atomic E-state index is 0.161. The van der Waals surface area contributed by atoms with Crippen molar-refractivity contribution >= 4 is 27.8 Å². The number of hydrogen-bond acceptors (Lipinski definition) is 9. The number of hydrogen-bond donors (Lipinski definition) is 0. The number of cyclic esters (lactones) is 1. The lowest BCUT2D eigenvalue weighted by Crippen LogP contribution is -2.40. The normalized spacial score (nSPS) is 21.3. The van der Waals surface area contributed by atoms with Crippen molar-refractivity contribution < 1.29 is 27.1 Å². The summed E-state index contributed by atoms with van der Waals surface area (Å²) in [5.74, 6) is -0.0961. The van der Waals surface area contributed by atoms with Crippen LogP contribution in [0.1, 0.15) is 6.42 Å². The van der Waals surface area contributed by atoms with Crippen molar-refractivity contribution in [1.82, 2.24) is 14.5 Å². The van der Waals surface area contributed by atoms with Gasteiger partial charge < -0.3 is 13.9 Å². The fourth-order valence-corrected chi connectivity index (χ4v) is 5.10. The van der Waals surface area contributed by atoms with Gasteiger partial charge in [0.25, 0.3) is 5.22 Å². The second-order valence-corrected chi connectivity index (χ2v) is 9.07. The predicted molar refractivity (Wildman–Crippen MR) is 94.5 cm³/mol. The molecule has 0 aliphatic carbocycles. The van der Waals surface area contributed by atoms with Crippen molar-refractivity contribution in [1.29, 1.82) is 0 Å². The number of ether oxygens (including phenoxy) is 2. The summed E-state index contributed by atoms with van der Waals surface area (Å²) in [7, 11) is -3.61. The number of benzene rings is 1. The number of carbonyl (C=O) groups excluding carboxylic acids is 1. The van der Waals surface area contributed by atoms with Crippen LogP contribution in [0, 0.1) is 0 Å². The lowest BCUT2D eigenvalue weighted by atomic mass is 10.2. The van der Waals surface area contributed by atoms with Crippen LogP contribution in [0.4, 0.5) is 0 Å². The molecule has 2 aliphatic rings. The van der Waals surface area contributed by atoms with Crippen LogP contribution in [0.3, 0.4) is 0 Å². The van der Waals surface area contributed by atoms with Crippen LogP contribution in [0.25, 0.3) is 11.5 Å². The zero-order valence-electron chi connectivity index (χ0n) is 14.2. The maximum absolute atomic E-state index is 12.8. The molecule has 2 fully saturated rings. The first-order chi connectivity index (χ1) is 13.0. The Morgan fingerprint density at radius 3 is 2.70 bits per heavy atom. The zero-order valence-corrected chi connectivity index (χ0v) is 15.9. The first-order valence-corrected chi connectivity index (χ1v) is 10.7. The summed E-state index contributed by atoms with van der Waals surface area (Å²) in [5, 5.41) is 7.80. The van der Waals surface area contributed by atoms with E-state index in [0.29, 0.717) is 44.9 Å². The first-order valence-electron chi connectivity index (χ1n) is 8.39. The molecule has 0 unspecified atom stereocenters. The number of rotatable bonds is 5. The highest BCUT2D eigenvalue weighted by Gasteiger charge is 2.30. The number of sulfonamides is 1. The molecule has 2 saturated heterocycles. The summed E-state index contributed by atoms with van der Waals surface area (Å²) >= 11 is 1.15. The quantitative estimate of drug-likeness (QED) is 0.669. The number of nitrogens with zero attached hydrogens (tertiary/aromatic N) is 3. The Balaban J connectivity index is 1.55. The van der Waals surface area contributed by atoms with Crippen molar-refractivity contribution in [3.63, 3.8) is 0 Å². The van der Waals surface area contributed by atoms with Gasteiger partial charge in [-0.25, -0.2) is 8.42 Å². The molecule has 0 spiro atoms. The fraction of sp³-hybridized carbons (Fsp3) is 0.438. The molecule has 2 aromatic rings. The SMILES string of the molecule is O=C1OCC[C@H]1Sc1nnc(-c2cccc(S(=O)(=O)N3CCOCC3)c2)o1. The summed E-state index contributed by atoms with van der Waals surface area (Å²) in [6, 6.07) is 6.38. The summed E-state index contributed by atoms with van der Waals surface area (Å²) in [6.45, 7) is 1.80. The summed E-state index contributed by atoms with van der Waals surface area (Å²) in [5.41, 5.74) is 0.498. The van der Waals surface area contributed by atoms with Gasteiger partial charge in [0, 0.05) is 25.1 Å². The van der Waals surface area contributed by atoms with E-state index in [1.165, 1.54) is 16.4 Å². The Morgan fingerprint density at radius 2 is 1.96 bits per heavy atom. The molecule has 27 heavy (non-hydrogen) atoms. The maximum atomic E-state index is 12.8. The van der Waals surface area contributed by atoms with Gasteiger partial charge in [-0.05, 0) is 30.0 Å². The third-order valence-corrected chi connectivity index (χ3v) is 7.20. The molecular weight excluding hydrogens is 394 g/mol. The lowest BCUT2D eigenvalue weighted by molar-refractivity contribution is -0.137. The largest absolute Gasteiger partial charge is 0.465 e. The molecule has 0 N–H and O–H groups in total. The van der Waals surface area contributed by atoms with Crippen LogP contribution in [0.15, 0.2) is 38.8 Å². The molecule has 11 heteroatoms. The molecule has 3 heterocycles. The number of aromatic nitrogens is 2. The van der Waals surface area contributed by atoms with Gasteiger partial charge in [-0.3, -0.25) is 4.79 Å².